The Bertz CT molecular complexity index is 3830. The second kappa shape index (κ2) is 19.4. The number of anilines is 4. The van der Waals surface area contributed by atoms with Gasteiger partial charge in [0.2, 0.25) is 0 Å². The summed E-state index contributed by atoms with van der Waals surface area (Å²) in [7, 11) is 0. The van der Waals surface area contributed by atoms with Crippen LogP contribution in [-0.2, 0) is 23.7 Å². The molecule has 0 aliphatic carbocycles. The number of para-hydroxylation sites is 3. The fraction of sp³-hybridized carbons (Fsp3) is 0.197. The fourth-order valence-corrected chi connectivity index (χ4v) is 10.9. The Balaban J connectivity index is 1.12. The maximum absolute atomic E-state index is 16.4. The van der Waals surface area contributed by atoms with Gasteiger partial charge >= 0.3 is 0 Å². The molecule has 0 unspecified atom stereocenters. The number of pyridine rings is 1. The molecule has 11 heteroatoms. The first-order chi connectivity index (χ1) is 36.8. The Hall–Kier alpha value is -8.31. The highest BCUT2D eigenvalue weighted by molar-refractivity contribution is 6.09. The number of aryl methyl sites for hydroxylation is 2. The van der Waals surface area contributed by atoms with Gasteiger partial charge in [-0.15, -0.1) is 0 Å². The van der Waals surface area contributed by atoms with Crippen LogP contribution in [0.1, 0.15) is 77.6 Å². The van der Waals surface area contributed by atoms with E-state index in [1.807, 2.05) is 92.5 Å². The van der Waals surface area contributed by atoms with Crippen LogP contribution in [0.2, 0.25) is 0 Å². The molecule has 0 saturated heterocycles. The molecule has 10 aromatic rings. The lowest BCUT2D eigenvalue weighted by Gasteiger charge is -2.30. The van der Waals surface area contributed by atoms with Crippen LogP contribution < -0.4 is 14.5 Å². The van der Waals surface area contributed by atoms with Crippen molar-refractivity contribution in [3.63, 3.8) is 0 Å². The predicted molar refractivity (Wildman–Crippen MR) is 299 cm³/mol. The van der Waals surface area contributed by atoms with Crippen LogP contribution in [0.5, 0.6) is 11.5 Å². The van der Waals surface area contributed by atoms with Crippen LogP contribution in [0, 0.1) is 34.9 Å². The van der Waals surface area contributed by atoms with Crippen molar-refractivity contribution in [2.45, 2.75) is 79.1 Å². The van der Waals surface area contributed by atoms with E-state index in [4.69, 9.17) is 9.72 Å². The summed E-state index contributed by atoms with van der Waals surface area (Å²) in [6.07, 6.45) is 3.35. The molecule has 0 radical (unpaired) electrons. The third-order valence-corrected chi connectivity index (χ3v) is 14.8. The van der Waals surface area contributed by atoms with E-state index in [-0.39, 0.29) is 28.9 Å². The van der Waals surface area contributed by atoms with Crippen LogP contribution in [0.25, 0.3) is 61.0 Å². The van der Waals surface area contributed by atoms with E-state index in [9.17, 15) is 8.78 Å². The molecule has 1 aliphatic heterocycles. The number of aromatic nitrogens is 2. The number of ether oxygens (including phenoxy) is 1. The first kappa shape index (κ1) is 50.8. The monoisotopic (exact) mass is 1030 g/mol. The molecule has 77 heavy (non-hydrogen) atoms. The molecule has 388 valence electrons. The van der Waals surface area contributed by atoms with Crippen LogP contribution in [0.4, 0.5) is 49.1 Å². The molecule has 0 fully saturated rings. The van der Waals surface area contributed by atoms with Crippen molar-refractivity contribution >= 4 is 44.6 Å². The summed E-state index contributed by atoms with van der Waals surface area (Å²) in [5.74, 6) is -5.27. The van der Waals surface area contributed by atoms with Gasteiger partial charge in [-0.3, -0.25) is 4.57 Å². The molecular formula is C66H56F6N4O. The third-order valence-electron chi connectivity index (χ3n) is 14.8. The maximum atomic E-state index is 16.4. The summed E-state index contributed by atoms with van der Waals surface area (Å²) >= 11 is 0. The second-order valence-electron chi connectivity index (χ2n) is 21.8. The minimum absolute atomic E-state index is 0.0187. The van der Waals surface area contributed by atoms with E-state index < -0.39 is 51.4 Å². The van der Waals surface area contributed by atoms with Gasteiger partial charge in [-0.1, -0.05) is 104 Å². The molecule has 11 rings (SSSR count). The first-order valence-corrected chi connectivity index (χ1v) is 25.9. The van der Waals surface area contributed by atoms with Crippen molar-refractivity contribution in [1.82, 2.24) is 9.55 Å². The molecule has 0 saturated carbocycles. The van der Waals surface area contributed by atoms with Gasteiger partial charge < -0.3 is 14.5 Å². The van der Waals surface area contributed by atoms with Crippen LogP contribution >= 0.6 is 0 Å². The minimum atomic E-state index is -1.21. The normalized spacial score (nSPS) is 12.8. The lowest BCUT2D eigenvalue weighted by Crippen LogP contribution is -2.26. The van der Waals surface area contributed by atoms with Gasteiger partial charge in [0.1, 0.15) is 58.9 Å². The smallest absolute Gasteiger partial charge is 0.137 e. The molecule has 2 aromatic heterocycles. The van der Waals surface area contributed by atoms with Crippen molar-refractivity contribution in [2.75, 3.05) is 16.5 Å². The van der Waals surface area contributed by atoms with E-state index >= 15 is 17.6 Å². The third kappa shape index (κ3) is 9.15. The molecule has 0 N–H and O–H groups in total. The summed E-state index contributed by atoms with van der Waals surface area (Å²) in [4.78, 5) is 8.64. The Morgan fingerprint density at radius 3 is 1.64 bits per heavy atom. The number of hydrogen-bond donors (Lipinski definition) is 0. The Morgan fingerprint density at radius 1 is 0.494 bits per heavy atom. The van der Waals surface area contributed by atoms with Gasteiger partial charge in [0.15, 0.2) is 0 Å². The highest BCUT2D eigenvalue weighted by atomic mass is 19.2. The van der Waals surface area contributed by atoms with Gasteiger partial charge in [-0.25, -0.2) is 31.3 Å². The van der Waals surface area contributed by atoms with E-state index in [1.54, 1.807) is 23.1 Å². The van der Waals surface area contributed by atoms with E-state index in [1.165, 1.54) is 0 Å². The zero-order valence-corrected chi connectivity index (χ0v) is 44.1. The number of halogens is 6. The molecule has 0 spiro atoms. The van der Waals surface area contributed by atoms with Gasteiger partial charge in [-0.05, 0) is 124 Å². The van der Waals surface area contributed by atoms with Crippen LogP contribution in [0.15, 0.2) is 158 Å². The predicted octanol–water partition coefficient (Wildman–Crippen LogP) is 18.8. The number of hydrogen-bond acceptors (Lipinski definition) is 4. The minimum Gasteiger partial charge on any atom is -0.457 e. The average Bonchev–Trinajstić information content (AvgIpc) is 3.93. The number of nitrogens with zero attached hydrogens (tertiary/aromatic N) is 4. The topological polar surface area (TPSA) is 33.5 Å². The van der Waals surface area contributed by atoms with Crippen LogP contribution in [-0.4, -0.2) is 16.2 Å². The van der Waals surface area contributed by atoms with E-state index in [0.717, 1.165) is 68.3 Å². The summed E-state index contributed by atoms with van der Waals surface area (Å²) in [5, 5.41) is 2.09. The first-order valence-electron chi connectivity index (χ1n) is 25.9. The summed E-state index contributed by atoms with van der Waals surface area (Å²) < 4.78 is 104. The molecule has 5 nitrogen and oxygen atoms in total. The molecule has 3 heterocycles. The van der Waals surface area contributed by atoms with Crippen molar-refractivity contribution < 1.29 is 31.1 Å². The quantitative estimate of drug-likeness (QED) is 0.128. The van der Waals surface area contributed by atoms with Gasteiger partial charge in [0.25, 0.3) is 0 Å². The van der Waals surface area contributed by atoms with Gasteiger partial charge in [0, 0.05) is 70.2 Å². The summed E-state index contributed by atoms with van der Waals surface area (Å²) in [6, 6.07) is 43.7. The van der Waals surface area contributed by atoms with E-state index in [2.05, 4.69) is 87.7 Å². The fourth-order valence-electron chi connectivity index (χ4n) is 10.9. The largest absolute Gasteiger partial charge is 0.457 e. The SMILES string of the molecule is CCc1cccc(CC)c1-c1cc(Oc2ccc3c4ccccc4n(-c4cc(C(C)(C)C)ccn4)c3c2)cc(N2CN(c3c(-c4c(F)cc(F)cc4F)cc(C(C)(C)C)cc3-c3c(F)cc(F)cc3F)c3ccccc32)c1. The van der Waals surface area contributed by atoms with E-state index in [0.29, 0.717) is 58.4 Å². The van der Waals surface area contributed by atoms with Gasteiger partial charge in [0.05, 0.1) is 39.2 Å². The second-order valence-corrected chi connectivity index (χ2v) is 21.8. The standard InChI is InChI=1S/C66H56F6N4O/c1-9-38-16-15-17-39(10-2)61(38)40-26-45(35-47(27-40)77-46-22-23-49-48-18-11-12-19-56(48)76(59(49)36-46)60-30-41(24-25-73-60)65(3,4)5)74-37-75(58-21-14-13-20-57(58)74)64-50(62-52(69)31-43(67)32-53(62)70)28-42(66(6,7)8)29-51(64)63-54(71)33-44(68)34-55(63)72/h11-36H,9-10,37H2,1-8H3. The number of benzene rings is 8. The Kier molecular flexibility index (Phi) is 12.8. The average molecular weight is 1040 g/mol. The molecule has 0 bridgehead atoms. The zero-order chi connectivity index (χ0) is 54.2. The van der Waals surface area contributed by atoms with Crippen molar-refractivity contribution in [3.8, 4) is 50.7 Å². The molecule has 0 atom stereocenters. The van der Waals surface area contributed by atoms with Crippen molar-refractivity contribution in [1.29, 1.82) is 0 Å². The molecular weight excluding hydrogens is 979 g/mol. The highest BCUT2D eigenvalue weighted by Crippen LogP contribution is 2.53. The summed E-state index contributed by atoms with van der Waals surface area (Å²) in [5.41, 5.74) is 7.36. The van der Waals surface area contributed by atoms with Crippen molar-refractivity contribution in [2.24, 2.45) is 0 Å². The number of rotatable bonds is 10. The van der Waals surface area contributed by atoms with Crippen LogP contribution in [0.3, 0.4) is 0 Å². The zero-order valence-electron chi connectivity index (χ0n) is 44.1. The van der Waals surface area contributed by atoms with Gasteiger partial charge in [-0.2, -0.15) is 0 Å². The maximum Gasteiger partial charge on any atom is 0.137 e. The molecule has 8 aromatic carbocycles. The lowest BCUT2D eigenvalue weighted by atomic mass is 9.81. The summed E-state index contributed by atoms with van der Waals surface area (Å²) in [6.45, 7) is 16.3. The lowest BCUT2D eigenvalue weighted by molar-refractivity contribution is 0.483. The van der Waals surface area contributed by atoms with Crippen molar-refractivity contribution in [3.05, 3.63) is 215 Å². The highest BCUT2D eigenvalue weighted by Gasteiger charge is 2.36. The number of fused-ring (bicyclic) bond motifs is 4. The Morgan fingerprint density at radius 2 is 1.05 bits per heavy atom. The Labute approximate surface area is 444 Å². The molecule has 0 amide bonds. The molecule has 1 aliphatic rings.